The van der Waals surface area contributed by atoms with E-state index in [4.69, 9.17) is 0 Å². The van der Waals surface area contributed by atoms with Crippen LogP contribution in [-0.4, -0.2) is 45.5 Å². The zero-order chi connectivity index (χ0) is 15.1. The van der Waals surface area contributed by atoms with Crippen molar-refractivity contribution in [2.24, 2.45) is 0 Å². The third-order valence-corrected chi connectivity index (χ3v) is 4.20. The van der Waals surface area contributed by atoms with Gasteiger partial charge in [0.15, 0.2) is 0 Å². The normalized spacial score (nSPS) is 10.6. The number of hydrogen-bond donors (Lipinski definition) is 2. The van der Waals surface area contributed by atoms with E-state index < -0.39 is 0 Å². The van der Waals surface area contributed by atoms with Gasteiger partial charge in [0.1, 0.15) is 0 Å². The fourth-order valence-electron chi connectivity index (χ4n) is 1.54. The predicted molar refractivity (Wildman–Crippen MR) is 85.2 cm³/mol. The minimum Gasteiger partial charge on any atom is -0.324 e. The van der Waals surface area contributed by atoms with Gasteiger partial charge in [-0.25, -0.2) is 4.68 Å². The number of benzene rings is 1. The van der Waals surface area contributed by atoms with Crippen LogP contribution in [0, 0.1) is 0 Å². The number of rotatable bonds is 7. The zero-order valence-corrected chi connectivity index (χ0v) is 13.8. The standard InChI is InChI=1S/C12H15BrN6OS/c1-14-6-7-19-12(16-17-18-19)21-8-11(20)15-10-5-3-2-4-9(10)13/h2-5,14H,6-8H2,1H3,(H,15,20). The first kappa shape index (κ1) is 15.9. The third kappa shape index (κ3) is 4.80. The van der Waals surface area contributed by atoms with Crippen molar-refractivity contribution < 1.29 is 4.79 Å². The highest BCUT2D eigenvalue weighted by molar-refractivity contribution is 9.10. The van der Waals surface area contributed by atoms with Crippen LogP contribution in [0.1, 0.15) is 0 Å². The van der Waals surface area contributed by atoms with Crippen LogP contribution in [0.2, 0.25) is 0 Å². The van der Waals surface area contributed by atoms with E-state index in [0.29, 0.717) is 11.7 Å². The average Bonchev–Trinajstić information content (AvgIpc) is 2.93. The van der Waals surface area contributed by atoms with Crippen molar-refractivity contribution in [1.29, 1.82) is 0 Å². The van der Waals surface area contributed by atoms with Crippen molar-refractivity contribution in [2.75, 3.05) is 24.7 Å². The van der Waals surface area contributed by atoms with Gasteiger partial charge in [0.05, 0.1) is 18.0 Å². The molecule has 1 heterocycles. The second-order valence-electron chi connectivity index (χ2n) is 4.10. The minimum absolute atomic E-state index is 0.102. The van der Waals surface area contributed by atoms with Gasteiger partial charge in [0.2, 0.25) is 11.1 Å². The molecule has 0 aliphatic rings. The molecule has 0 saturated carbocycles. The molecule has 0 aliphatic heterocycles. The number of carbonyl (C=O) groups excluding carboxylic acids is 1. The Labute approximate surface area is 135 Å². The predicted octanol–water partition coefficient (Wildman–Crippen LogP) is 1.39. The topological polar surface area (TPSA) is 84.7 Å². The third-order valence-electron chi connectivity index (χ3n) is 2.55. The number of anilines is 1. The molecule has 9 heteroatoms. The molecule has 1 aromatic heterocycles. The van der Waals surface area contributed by atoms with Gasteiger partial charge in [0, 0.05) is 11.0 Å². The Kier molecular flexibility index (Phi) is 6.15. The highest BCUT2D eigenvalue weighted by Gasteiger charge is 2.10. The summed E-state index contributed by atoms with van der Waals surface area (Å²) in [6, 6.07) is 7.47. The molecule has 1 aromatic carbocycles. The van der Waals surface area contributed by atoms with E-state index in [1.54, 1.807) is 4.68 Å². The van der Waals surface area contributed by atoms with E-state index in [-0.39, 0.29) is 11.7 Å². The molecule has 2 N–H and O–H groups in total. The lowest BCUT2D eigenvalue weighted by Gasteiger charge is -2.07. The average molecular weight is 371 g/mol. The molecule has 2 rings (SSSR count). The lowest BCUT2D eigenvalue weighted by molar-refractivity contribution is -0.113. The molecular formula is C12H15BrN6OS. The molecule has 2 aromatic rings. The number of para-hydroxylation sites is 1. The SMILES string of the molecule is CNCCn1nnnc1SCC(=O)Nc1ccccc1Br. The van der Waals surface area contributed by atoms with Crippen molar-refractivity contribution in [2.45, 2.75) is 11.7 Å². The summed E-state index contributed by atoms with van der Waals surface area (Å²) >= 11 is 4.70. The van der Waals surface area contributed by atoms with Crippen LogP contribution in [0.15, 0.2) is 33.9 Å². The quantitative estimate of drug-likeness (QED) is 0.716. The molecule has 1 amide bonds. The summed E-state index contributed by atoms with van der Waals surface area (Å²) in [5.74, 6) is 0.149. The number of halogens is 1. The molecule has 0 unspecified atom stereocenters. The Morgan fingerprint density at radius 1 is 1.43 bits per heavy atom. The summed E-state index contributed by atoms with van der Waals surface area (Å²) in [5, 5.41) is 17.9. The van der Waals surface area contributed by atoms with Crippen molar-refractivity contribution in [3.05, 3.63) is 28.7 Å². The number of amides is 1. The summed E-state index contributed by atoms with van der Waals surface area (Å²) < 4.78 is 2.52. The summed E-state index contributed by atoms with van der Waals surface area (Å²) in [6.45, 7) is 1.43. The summed E-state index contributed by atoms with van der Waals surface area (Å²) in [6.07, 6.45) is 0. The minimum atomic E-state index is -0.102. The maximum absolute atomic E-state index is 11.9. The fraction of sp³-hybridized carbons (Fsp3) is 0.333. The van der Waals surface area contributed by atoms with E-state index in [2.05, 4.69) is 42.1 Å². The zero-order valence-electron chi connectivity index (χ0n) is 11.4. The van der Waals surface area contributed by atoms with Crippen LogP contribution in [0.5, 0.6) is 0 Å². The lowest BCUT2D eigenvalue weighted by Crippen LogP contribution is -2.18. The van der Waals surface area contributed by atoms with Gasteiger partial charge in [-0.1, -0.05) is 23.9 Å². The second-order valence-corrected chi connectivity index (χ2v) is 5.90. The monoisotopic (exact) mass is 370 g/mol. The number of hydrogen-bond acceptors (Lipinski definition) is 6. The lowest BCUT2D eigenvalue weighted by atomic mass is 10.3. The van der Waals surface area contributed by atoms with E-state index in [1.165, 1.54) is 11.8 Å². The van der Waals surface area contributed by atoms with Gasteiger partial charge in [-0.2, -0.15) is 0 Å². The maximum atomic E-state index is 11.9. The number of tetrazole rings is 1. The van der Waals surface area contributed by atoms with Crippen LogP contribution >= 0.6 is 27.7 Å². The molecule has 112 valence electrons. The number of nitrogens with one attached hydrogen (secondary N) is 2. The van der Waals surface area contributed by atoms with Crippen LogP contribution in [0.25, 0.3) is 0 Å². The summed E-state index contributed by atoms with van der Waals surface area (Å²) in [7, 11) is 1.86. The number of likely N-dealkylation sites (N-methyl/N-ethyl adjacent to an activating group) is 1. The highest BCUT2D eigenvalue weighted by Crippen LogP contribution is 2.22. The van der Waals surface area contributed by atoms with Crippen LogP contribution in [0.3, 0.4) is 0 Å². The van der Waals surface area contributed by atoms with Gasteiger partial charge >= 0.3 is 0 Å². The van der Waals surface area contributed by atoms with Gasteiger partial charge in [-0.15, -0.1) is 5.10 Å². The Bertz CT molecular complexity index is 605. The molecule has 0 spiro atoms. The number of carbonyl (C=O) groups is 1. The smallest absolute Gasteiger partial charge is 0.234 e. The molecule has 0 bridgehead atoms. The van der Waals surface area contributed by atoms with Crippen molar-refractivity contribution in [3.8, 4) is 0 Å². The molecule has 0 radical (unpaired) electrons. The molecule has 21 heavy (non-hydrogen) atoms. The largest absolute Gasteiger partial charge is 0.324 e. The van der Waals surface area contributed by atoms with Crippen molar-refractivity contribution in [1.82, 2.24) is 25.5 Å². The van der Waals surface area contributed by atoms with Crippen LogP contribution in [0.4, 0.5) is 5.69 Å². The Morgan fingerprint density at radius 2 is 2.24 bits per heavy atom. The maximum Gasteiger partial charge on any atom is 0.234 e. The van der Waals surface area contributed by atoms with E-state index in [0.717, 1.165) is 16.7 Å². The first-order valence-corrected chi connectivity index (χ1v) is 8.06. The second kappa shape index (κ2) is 8.11. The van der Waals surface area contributed by atoms with Crippen molar-refractivity contribution in [3.63, 3.8) is 0 Å². The first-order chi connectivity index (χ1) is 10.2. The van der Waals surface area contributed by atoms with Crippen molar-refractivity contribution >= 4 is 39.3 Å². The molecule has 0 fully saturated rings. The number of thioether (sulfide) groups is 1. The Balaban J connectivity index is 1.87. The van der Waals surface area contributed by atoms with E-state index in [9.17, 15) is 4.79 Å². The fourth-order valence-corrected chi connectivity index (χ4v) is 2.62. The molecule has 7 nitrogen and oxygen atoms in total. The van der Waals surface area contributed by atoms with Gasteiger partial charge < -0.3 is 10.6 Å². The number of nitrogens with zero attached hydrogens (tertiary/aromatic N) is 4. The first-order valence-electron chi connectivity index (χ1n) is 6.28. The molecule has 0 atom stereocenters. The highest BCUT2D eigenvalue weighted by atomic mass is 79.9. The number of aromatic nitrogens is 4. The summed E-state index contributed by atoms with van der Waals surface area (Å²) in [5.41, 5.74) is 0.748. The van der Waals surface area contributed by atoms with Gasteiger partial charge in [-0.3, -0.25) is 4.79 Å². The van der Waals surface area contributed by atoms with Crippen LogP contribution in [-0.2, 0) is 11.3 Å². The molecule has 0 aliphatic carbocycles. The van der Waals surface area contributed by atoms with E-state index >= 15 is 0 Å². The Hall–Kier alpha value is -1.45. The van der Waals surface area contributed by atoms with Gasteiger partial charge in [-0.05, 0) is 45.5 Å². The van der Waals surface area contributed by atoms with Crippen LogP contribution < -0.4 is 10.6 Å². The molecule has 0 saturated heterocycles. The van der Waals surface area contributed by atoms with Gasteiger partial charge in [0.25, 0.3) is 0 Å². The van der Waals surface area contributed by atoms with E-state index in [1.807, 2.05) is 31.3 Å². The molecular weight excluding hydrogens is 356 g/mol. The summed E-state index contributed by atoms with van der Waals surface area (Å²) in [4.78, 5) is 11.9. The Morgan fingerprint density at radius 3 is 3.00 bits per heavy atom.